The molecule has 2 aromatic rings. The molecule has 0 bridgehead atoms. The number of carbonyl (C=O) groups is 2. The van der Waals surface area contributed by atoms with Gasteiger partial charge >= 0.3 is 5.97 Å². The highest BCUT2D eigenvalue weighted by atomic mass is 35.5. The molecule has 4 nitrogen and oxygen atoms in total. The summed E-state index contributed by atoms with van der Waals surface area (Å²) in [6, 6.07) is 12.2. The molecule has 144 valence electrons. The Bertz CT molecular complexity index is 785. The van der Waals surface area contributed by atoms with Crippen LogP contribution in [0.2, 0.25) is 10.0 Å². The summed E-state index contributed by atoms with van der Waals surface area (Å²) in [6.45, 7) is 3.99. The number of hydrogen-bond donors (Lipinski definition) is 0. The summed E-state index contributed by atoms with van der Waals surface area (Å²) in [7, 11) is 1.60. The molecule has 0 aliphatic rings. The lowest BCUT2D eigenvalue weighted by Crippen LogP contribution is -2.45. The van der Waals surface area contributed by atoms with Crippen molar-refractivity contribution in [2.75, 3.05) is 13.7 Å². The maximum absolute atomic E-state index is 12.8. The molecule has 2 rings (SSSR count). The predicted molar refractivity (Wildman–Crippen MR) is 108 cm³/mol. The number of ether oxygens (including phenoxy) is 1. The SMILES string of the molecule is CCOC(=O)C(Cc1ccc(C)cc1)N(C)C(=O)Cc1c(Cl)cccc1Cl. The highest BCUT2D eigenvalue weighted by Crippen LogP contribution is 2.25. The van der Waals surface area contributed by atoms with Crippen molar-refractivity contribution in [1.82, 2.24) is 4.90 Å². The van der Waals surface area contributed by atoms with Crippen LogP contribution in [0.5, 0.6) is 0 Å². The van der Waals surface area contributed by atoms with Gasteiger partial charge in [-0.3, -0.25) is 4.79 Å². The van der Waals surface area contributed by atoms with Gasteiger partial charge in [0.2, 0.25) is 5.91 Å². The zero-order valence-corrected chi connectivity index (χ0v) is 17.2. The number of carbonyl (C=O) groups excluding carboxylic acids is 2. The molecular weight excluding hydrogens is 385 g/mol. The Morgan fingerprint density at radius 3 is 2.22 bits per heavy atom. The van der Waals surface area contributed by atoms with E-state index in [0.29, 0.717) is 22.0 Å². The number of likely N-dealkylation sites (N-methyl/N-ethyl adjacent to an activating group) is 1. The third-order valence-electron chi connectivity index (χ3n) is 4.36. The smallest absolute Gasteiger partial charge is 0.329 e. The van der Waals surface area contributed by atoms with Gasteiger partial charge in [0, 0.05) is 23.5 Å². The second-order valence-corrected chi connectivity index (χ2v) is 7.15. The zero-order chi connectivity index (χ0) is 20.0. The average Bonchev–Trinajstić information content (AvgIpc) is 2.63. The summed E-state index contributed by atoms with van der Waals surface area (Å²) in [4.78, 5) is 26.7. The number of hydrogen-bond acceptors (Lipinski definition) is 3. The summed E-state index contributed by atoms with van der Waals surface area (Å²) in [5.74, 6) is -0.686. The molecule has 0 spiro atoms. The van der Waals surface area contributed by atoms with Crippen LogP contribution in [0.4, 0.5) is 0 Å². The minimum atomic E-state index is -0.721. The lowest BCUT2D eigenvalue weighted by molar-refractivity contribution is -0.153. The Labute approximate surface area is 170 Å². The van der Waals surface area contributed by atoms with E-state index in [9.17, 15) is 9.59 Å². The molecule has 1 unspecified atom stereocenters. The van der Waals surface area contributed by atoms with Gasteiger partial charge in [-0.2, -0.15) is 0 Å². The van der Waals surface area contributed by atoms with Crippen molar-refractivity contribution in [3.8, 4) is 0 Å². The van der Waals surface area contributed by atoms with Crippen molar-refractivity contribution in [2.45, 2.75) is 32.7 Å². The number of aryl methyl sites for hydroxylation is 1. The molecule has 0 N–H and O–H groups in total. The molecule has 0 saturated carbocycles. The lowest BCUT2D eigenvalue weighted by Gasteiger charge is -2.27. The van der Waals surface area contributed by atoms with E-state index in [4.69, 9.17) is 27.9 Å². The summed E-state index contributed by atoms with van der Waals surface area (Å²) in [5.41, 5.74) is 2.63. The van der Waals surface area contributed by atoms with Crippen molar-refractivity contribution < 1.29 is 14.3 Å². The Kier molecular flexibility index (Phi) is 7.69. The normalized spacial score (nSPS) is 11.7. The van der Waals surface area contributed by atoms with E-state index in [1.54, 1.807) is 32.2 Å². The van der Waals surface area contributed by atoms with Gasteiger partial charge in [0.15, 0.2) is 0 Å². The van der Waals surface area contributed by atoms with E-state index in [0.717, 1.165) is 11.1 Å². The molecule has 0 aromatic heterocycles. The van der Waals surface area contributed by atoms with E-state index in [1.807, 2.05) is 31.2 Å². The van der Waals surface area contributed by atoms with Crippen LogP contribution in [0.1, 0.15) is 23.6 Å². The number of benzene rings is 2. The summed E-state index contributed by atoms with van der Waals surface area (Å²) in [5, 5.41) is 0.853. The van der Waals surface area contributed by atoms with Gasteiger partial charge < -0.3 is 9.64 Å². The van der Waals surface area contributed by atoms with Crippen LogP contribution >= 0.6 is 23.2 Å². The molecule has 1 atom stereocenters. The monoisotopic (exact) mass is 407 g/mol. The summed E-state index contributed by atoms with van der Waals surface area (Å²) < 4.78 is 5.18. The maximum atomic E-state index is 12.8. The van der Waals surface area contributed by atoms with Crippen molar-refractivity contribution in [3.05, 3.63) is 69.2 Å². The Morgan fingerprint density at radius 2 is 1.67 bits per heavy atom. The maximum Gasteiger partial charge on any atom is 0.329 e. The number of amides is 1. The second-order valence-electron chi connectivity index (χ2n) is 6.34. The highest BCUT2D eigenvalue weighted by molar-refractivity contribution is 6.36. The fourth-order valence-electron chi connectivity index (χ4n) is 2.72. The van der Waals surface area contributed by atoms with Crippen molar-refractivity contribution in [3.63, 3.8) is 0 Å². The van der Waals surface area contributed by atoms with Crippen LogP contribution in [-0.4, -0.2) is 36.5 Å². The third-order valence-corrected chi connectivity index (χ3v) is 5.07. The highest BCUT2D eigenvalue weighted by Gasteiger charge is 2.29. The molecule has 6 heteroatoms. The van der Waals surface area contributed by atoms with E-state index in [2.05, 4.69) is 0 Å². The topological polar surface area (TPSA) is 46.6 Å². The van der Waals surface area contributed by atoms with Gasteiger partial charge in [-0.15, -0.1) is 0 Å². The number of rotatable bonds is 7. The quantitative estimate of drug-likeness (QED) is 0.635. The zero-order valence-electron chi connectivity index (χ0n) is 15.7. The molecule has 0 saturated heterocycles. The van der Waals surface area contributed by atoms with Crippen molar-refractivity contribution in [1.29, 1.82) is 0 Å². The van der Waals surface area contributed by atoms with Gasteiger partial charge in [0.1, 0.15) is 6.04 Å². The third kappa shape index (κ3) is 5.72. The Hall–Kier alpha value is -2.04. The van der Waals surface area contributed by atoms with Crippen LogP contribution in [0, 0.1) is 6.92 Å². The van der Waals surface area contributed by atoms with Gasteiger partial charge in [-0.05, 0) is 37.1 Å². The first-order valence-corrected chi connectivity index (χ1v) is 9.49. The van der Waals surface area contributed by atoms with E-state index >= 15 is 0 Å². The molecule has 0 radical (unpaired) electrons. The second kappa shape index (κ2) is 9.77. The first-order valence-electron chi connectivity index (χ1n) is 8.74. The standard InChI is InChI=1S/C21H23Cl2NO3/c1-4-27-21(26)19(12-15-10-8-14(2)9-11-15)24(3)20(25)13-16-17(22)6-5-7-18(16)23/h5-11,19H,4,12-13H2,1-3H3. The van der Waals surface area contributed by atoms with Crippen molar-refractivity contribution >= 4 is 35.1 Å². The first-order chi connectivity index (χ1) is 12.8. The minimum absolute atomic E-state index is 0.0127. The van der Waals surface area contributed by atoms with Gasteiger partial charge in [-0.25, -0.2) is 4.79 Å². The molecule has 27 heavy (non-hydrogen) atoms. The van der Waals surface area contributed by atoms with Crippen LogP contribution in [-0.2, 0) is 27.2 Å². The first kappa shape index (κ1) is 21.3. The summed E-state index contributed by atoms with van der Waals surface area (Å²) in [6.07, 6.45) is 0.385. The number of nitrogens with zero attached hydrogens (tertiary/aromatic N) is 1. The minimum Gasteiger partial charge on any atom is -0.464 e. The molecule has 0 heterocycles. The Morgan fingerprint density at radius 1 is 1.07 bits per heavy atom. The lowest BCUT2D eigenvalue weighted by atomic mass is 10.0. The molecule has 0 aliphatic heterocycles. The number of halogens is 2. The summed E-state index contributed by atoms with van der Waals surface area (Å²) >= 11 is 12.3. The van der Waals surface area contributed by atoms with E-state index in [-0.39, 0.29) is 18.9 Å². The average molecular weight is 408 g/mol. The molecular formula is C21H23Cl2NO3. The van der Waals surface area contributed by atoms with E-state index < -0.39 is 12.0 Å². The molecule has 2 aromatic carbocycles. The van der Waals surface area contributed by atoms with Crippen molar-refractivity contribution in [2.24, 2.45) is 0 Å². The van der Waals surface area contributed by atoms with Crippen LogP contribution in [0.15, 0.2) is 42.5 Å². The predicted octanol–water partition coefficient (Wildman–Crippen LogP) is 4.48. The van der Waals surface area contributed by atoms with Gasteiger partial charge in [0.25, 0.3) is 0 Å². The molecule has 0 aliphatic carbocycles. The van der Waals surface area contributed by atoms with Gasteiger partial charge in [-0.1, -0.05) is 59.1 Å². The fourth-order valence-corrected chi connectivity index (χ4v) is 3.25. The Balaban J connectivity index is 2.21. The van der Waals surface area contributed by atoms with Crippen LogP contribution in [0.25, 0.3) is 0 Å². The van der Waals surface area contributed by atoms with Crippen LogP contribution < -0.4 is 0 Å². The largest absolute Gasteiger partial charge is 0.464 e. The molecule has 0 fully saturated rings. The number of esters is 1. The van der Waals surface area contributed by atoms with Gasteiger partial charge in [0.05, 0.1) is 13.0 Å². The fraction of sp³-hybridized carbons (Fsp3) is 0.333. The van der Waals surface area contributed by atoms with Crippen LogP contribution in [0.3, 0.4) is 0 Å². The molecule has 1 amide bonds. The van der Waals surface area contributed by atoms with E-state index in [1.165, 1.54) is 4.90 Å².